The van der Waals surface area contributed by atoms with Crippen molar-refractivity contribution in [3.63, 3.8) is 0 Å². The molecule has 1 amide bonds. The van der Waals surface area contributed by atoms with Crippen molar-refractivity contribution in [3.8, 4) is 0 Å². The van der Waals surface area contributed by atoms with Gasteiger partial charge in [-0.05, 0) is 13.0 Å². The molecule has 21 heavy (non-hydrogen) atoms. The molecule has 0 aromatic heterocycles. The molecule has 0 bridgehead atoms. The number of carbonyl (C=O) groups is 2. The Morgan fingerprint density at radius 3 is 2.86 bits per heavy atom. The van der Waals surface area contributed by atoms with Gasteiger partial charge >= 0.3 is 5.97 Å². The molecular formula is C13H12ClN3O3S. The molecule has 1 atom stereocenters. The zero-order valence-electron chi connectivity index (χ0n) is 11.0. The third kappa shape index (κ3) is 4.05. The molecule has 1 fully saturated rings. The highest BCUT2D eigenvalue weighted by molar-refractivity contribution is 8.15. The average Bonchev–Trinajstić information content (AvgIpc) is 2.76. The maximum atomic E-state index is 11.5. The molecule has 8 heteroatoms. The van der Waals surface area contributed by atoms with Crippen LogP contribution in [0.4, 0.5) is 0 Å². The van der Waals surface area contributed by atoms with E-state index >= 15 is 0 Å². The summed E-state index contributed by atoms with van der Waals surface area (Å²) in [6.45, 7) is 1.75. The smallest absolute Gasteiger partial charge is 0.305 e. The highest BCUT2D eigenvalue weighted by atomic mass is 35.5. The van der Waals surface area contributed by atoms with Crippen LogP contribution >= 0.6 is 23.4 Å². The first-order valence-electron chi connectivity index (χ1n) is 6.04. The van der Waals surface area contributed by atoms with Crippen LogP contribution in [0, 0.1) is 0 Å². The van der Waals surface area contributed by atoms with Crippen molar-refractivity contribution in [1.82, 2.24) is 5.32 Å². The Labute approximate surface area is 130 Å². The van der Waals surface area contributed by atoms with E-state index in [0.29, 0.717) is 10.7 Å². The standard InChI is InChI=1S/C13H12ClN3O3S/c1-7(8-4-2-3-5-9(8)14)16-17-13-15-12(20)10(21-13)6-11(18)19/h2-5,10H,6H2,1H3,(H,18,19)(H,15,17,20)/b16-7+/t10-/m0/s1. The summed E-state index contributed by atoms with van der Waals surface area (Å²) in [5.41, 5.74) is 1.35. The number of carbonyl (C=O) groups excluding carboxylic acids is 1. The molecule has 2 rings (SSSR count). The second-order valence-corrected chi connectivity index (χ2v) is 5.86. The lowest BCUT2D eigenvalue weighted by Crippen LogP contribution is -2.26. The Morgan fingerprint density at radius 1 is 1.48 bits per heavy atom. The molecule has 110 valence electrons. The summed E-state index contributed by atoms with van der Waals surface area (Å²) in [7, 11) is 0. The number of thioether (sulfide) groups is 1. The van der Waals surface area contributed by atoms with Gasteiger partial charge in [-0.25, -0.2) is 0 Å². The third-order valence-electron chi connectivity index (χ3n) is 2.69. The number of halogens is 1. The van der Waals surface area contributed by atoms with Gasteiger partial charge < -0.3 is 10.4 Å². The molecule has 0 spiro atoms. The van der Waals surface area contributed by atoms with Crippen LogP contribution in [-0.2, 0) is 9.59 Å². The Bertz CT molecular complexity index is 645. The number of rotatable bonds is 4. The number of amidine groups is 1. The first-order valence-corrected chi connectivity index (χ1v) is 7.29. The van der Waals surface area contributed by atoms with Gasteiger partial charge in [0.2, 0.25) is 5.91 Å². The molecule has 1 saturated heterocycles. The average molecular weight is 326 g/mol. The molecule has 0 saturated carbocycles. The normalized spacial score (nSPS) is 20.7. The van der Waals surface area contributed by atoms with E-state index in [1.54, 1.807) is 13.0 Å². The predicted octanol–water partition coefficient (Wildman–Crippen LogP) is 2.13. The van der Waals surface area contributed by atoms with Crippen LogP contribution in [0.2, 0.25) is 5.02 Å². The van der Waals surface area contributed by atoms with E-state index in [1.807, 2.05) is 18.2 Å². The molecular weight excluding hydrogens is 314 g/mol. The van der Waals surface area contributed by atoms with Crippen molar-refractivity contribution in [2.45, 2.75) is 18.6 Å². The van der Waals surface area contributed by atoms with Gasteiger partial charge in [0, 0.05) is 10.6 Å². The first-order chi connectivity index (χ1) is 9.97. The summed E-state index contributed by atoms with van der Waals surface area (Å²) in [5, 5.41) is 19.3. The van der Waals surface area contributed by atoms with Gasteiger partial charge in [-0.2, -0.15) is 5.10 Å². The van der Waals surface area contributed by atoms with E-state index < -0.39 is 11.2 Å². The number of nitrogens with zero attached hydrogens (tertiary/aromatic N) is 2. The molecule has 0 aliphatic carbocycles. The van der Waals surface area contributed by atoms with Gasteiger partial charge in [0.25, 0.3) is 0 Å². The number of benzene rings is 1. The molecule has 1 aromatic rings. The van der Waals surface area contributed by atoms with E-state index in [0.717, 1.165) is 17.3 Å². The van der Waals surface area contributed by atoms with E-state index in [1.165, 1.54) is 0 Å². The second-order valence-electron chi connectivity index (χ2n) is 4.26. The van der Waals surface area contributed by atoms with Crippen LogP contribution in [-0.4, -0.2) is 33.1 Å². The van der Waals surface area contributed by atoms with Crippen molar-refractivity contribution in [3.05, 3.63) is 34.9 Å². The van der Waals surface area contributed by atoms with Crippen LogP contribution in [0.3, 0.4) is 0 Å². The lowest BCUT2D eigenvalue weighted by atomic mass is 10.1. The number of carboxylic acids is 1. The molecule has 0 radical (unpaired) electrons. The number of hydrogen-bond acceptors (Lipinski definition) is 5. The van der Waals surface area contributed by atoms with E-state index in [2.05, 4.69) is 15.5 Å². The molecule has 0 unspecified atom stereocenters. The van der Waals surface area contributed by atoms with Crippen LogP contribution < -0.4 is 5.32 Å². The highest BCUT2D eigenvalue weighted by Gasteiger charge is 2.32. The van der Waals surface area contributed by atoms with Crippen LogP contribution in [0.25, 0.3) is 0 Å². The Morgan fingerprint density at radius 2 is 2.19 bits per heavy atom. The maximum Gasteiger partial charge on any atom is 0.305 e. The van der Waals surface area contributed by atoms with Crippen molar-refractivity contribution >= 4 is 46.1 Å². The van der Waals surface area contributed by atoms with Crippen LogP contribution in [0.1, 0.15) is 18.9 Å². The summed E-state index contributed by atoms with van der Waals surface area (Å²) in [5.74, 6) is -1.40. The van der Waals surface area contributed by atoms with Crippen LogP contribution in [0.15, 0.2) is 34.5 Å². The van der Waals surface area contributed by atoms with E-state index in [4.69, 9.17) is 16.7 Å². The van der Waals surface area contributed by atoms with Crippen molar-refractivity contribution in [2.75, 3.05) is 0 Å². The summed E-state index contributed by atoms with van der Waals surface area (Å²) in [6.07, 6.45) is -0.247. The minimum atomic E-state index is -1.03. The number of nitrogens with one attached hydrogen (secondary N) is 1. The summed E-state index contributed by atoms with van der Waals surface area (Å²) < 4.78 is 0. The SMILES string of the molecule is C/C(=N\N=C1\NC(=O)[C@H](CC(=O)O)S1)c1ccccc1Cl. The van der Waals surface area contributed by atoms with Gasteiger partial charge in [0.05, 0.1) is 12.1 Å². The summed E-state index contributed by atoms with van der Waals surface area (Å²) >= 11 is 7.11. The topological polar surface area (TPSA) is 91.1 Å². The quantitative estimate of drug-likeness (QED) is 0.655. The minimum absolute atomic E-state index is 0.247. The lowest BCUT2D eigenvalue weighted by molar-refractivity contribution is -0.138. The predicted molar refractivity (Wildman–Crippen MR) is 82.9 cm³/mol. The molecule has 6 nitrogen and oxygen atoms in total. The summed E-state index contributed by atoms with van der Waals surface area (Å²) in [4.78, 5) is 22.2. The third-order valence-corrected chi connectivity index (χ3v) is 4.09. The van der Waals surface area contributed by atoms with Gasteiger partial charge in [0.15, 0.2) is 5.17 Å². The zero-order valence-corrected chi connectivity index (χ0v) is 12.6. The molecule has 1 heterocycles. The second kappa shape index (κ2) is 6.73. The van der Waals surface area contributed by atoms with Crippen molar-refractivity contribution in [2.24, 2.45) is 10.2 Å². The van der Waals surface area contributed by atoms with E-state index in [9.17, 15) is 9.59 Å². The Balaban J connectivity index is 2.11. The van der Waals surface area contributed by atoms with Gasteiger partial charge in [0.1, 0.15) is 5.25 Å². The van der Waals surface area contributed by atoms with E-state index in [-0.39, 0.29) is 17.5 Å². The lowest BCUT2D eigenvalue weighted by Gasteiger charge is -2.01. The highest BCUT2D eigenvalue weighted by Crippen LogP contribution is 2.22. The fraction of sp³-hybridized carbons (Fsp3) is 0.231. The Hall–Kier alpha value is -1.86. The number of carboxylic acid groups (broad SMARTS) is 1. The van der Waals surface area contributed by atoms with Gasteiger partial charge in [-0.15, -0.1) is 5.10 Å². The first kappa shape index (κ1) is 15.5. The van der Waals surface area contributed by atoms with Crippen LogP contribution in [0.5, 0.6) is 0 Å². The molecule has 1 aromatic carbocycles. The fourth-order valence-corrected chi connectivity index (χ4v) is 2.86. The maximum absolute atomic E-state index is 11.5. The molecule has 2 N–H and O–H groups in total. The zero-order chi connectivity index (χ0) is 15.4. The minimum Gasteiger partial charge on any atom is -0.481 e. The molecule has 1 aliphatic heterocycles. The number of aliphatic carboxylic acids is 1. The fourth-order valence-electron chi connectivity index (χ4n) is 1.67. The monoisotopic (exact) mass is 325 g/mol. The molecule has 1 aliphatic rings. The van der Waals surface area contributed by atoms with Gasteiger partial charge in [-0.1, -0.05) is 41.6 Å². The Kier molecular flexibility index (Phi) is 4.98. The number of hydrogen-bond donors (Lipinski definition) is 2. The van der Waals surface area contributed by atoms with Crippen molar-refractivity contribution < 1.29 is 14.7 Å². The largest absolute Gasteiger partial charge is 0.481 e. The number of amides is 1. The summed E-state index contributed by atoms with van der Waals surface area (Å²) in [6, 6.07) is 7.21. The van der Waals surface area contributed by atoms with Crippen molar-refractivity contribution in [1.29, 1.82) is 0 Å². The van der Waals surface area contributed by atoms with Gasteiger partial charge in [-0.3, -0.25) is 9.59 Å².